The Kier molecular flexibility index (Phi) is 5.13. The number of nitro groups is 1. The fraction of sp³-hybridized carbons (Fsp3) is 0.333. The van der Waals surface area contributed by atoms with Crippen molar-refractivity contribution in [2.75, 3.05) is 43.4 Å². The lowest BCUT2D eigenvalue weighted by molar-refractivity contribution is -0.880. The summed E-state index contributed by atoms with van der Waals surface area (Å²) >= 11 is 0. The van der Waals surface area contributed by atoms with Crippen molar-refractivity contribution in [1.82, 2.24) is 4.98 Å². The molecule has 8 heteroatoms. The molecule has 2 N–H and O–H groups in total. The topological polar surface area (TPSA) is 92.8 Å². The van der Waals surface area contributed by atoms with E-state index in [9.17, 15) is 14.9 Å². The number of carbonyl (C=O) groups is 1. The smallest absolute Gasteiger partial charge is 0.293 e. The summed E-state index contributed by atoms with van der Waals surface area (Å²) in [5.41, 5.74) is 1.58. The van der Waals surface area contributed by atoms with Gasteiger partial charge in [-0.2, -0.15) is 0 Å². The molecular weight excluding hydrogens is 334 g/mol. The Morgan fingerprint density at radius 1 is 1.31 bits per heavy atom. The predicted octanol–water partition coefficient (Wildman–Crippen LogP) is 0.885. The van der Waals surface area contributed by atoms with E-state index in [-0.39, 0.29) is 11.3 Å². The van der Waals surface area contributed by atoms with Crippen molar-refractivity contribution < 1.29 is 14.6 Å². The summed E-state index contributed by atoms with van der Waals surface area (Å²) in [6.07, 6.45) is 1.59. The third-order valence-electron chi connectivity index (χ3n) is 4.63. The van der Waals surface area contributed by atoms with Crippen molar-refractivity contribution in [1.29, 1.82) is 0 Å². The molecule has 0 aliphatic carbocycles. The van der Waals surface area contributed by atoms with E-state index >= 15 is 0 Å². The number of quaternary nitrogens is 1. The van der Waals surface area contributed by atoms with Gasteiger partial charge in [-0.25, -0.2) is 4.98 Å². The van der Waals surface area contributed by atoms with Crippen LogP contribution in [0.2, 0.25) is 0 Å². The second-order valence-electron chi connectivity index (χ2n) is 6.53. The predicted molar refractivity (Wildman–Crippen MR) is 98.9 cm³/mol. The molecule has 1 aromatic carbocycles. The zero-order valence-electron chi connectivity index (χ0n) is 14.9. The van der Waals surface area contributed by atoms with Crippen molar-refractivity contribution in [2.24, 2.45) is 0 Å². The first-order valence-corrected chi connectivity index (χ1v) is 8.53. The molecule has 8 nitrogen and oxygen atoms in total. The van der Waals surface area contributed by atoms with Crippen LogP contribution in [0.1, 0.15) is 15.9 Å². The maximum atomic E-state index is 12.5. The van der Waals surface area contributed by atoms with Gasteiger partial charge in [-0.1, -0.05) is 6.07 Å². The number of pyridine rings is 1. The highest BCUT2D eigenvalue weighted by Crippen LogP contribution is 2.29. The highest BCUT2D eigenvalue weighted by atomic mass is 16.6. The number of likely N-dealkylation sites (N-methyl/N-ethyl adjacent to an activating group) is 1. The SMILES string of the molecule is Cc1cccnc1NC(=O)c1ccc(N2CC[NH+](C)CC2)c([N+](=O)[O-])c1. The number of carbonyl (C=O) groups excluding carboxylic acids is 1. The number of hydrogen-bond donors (Lipinski definition) is 2. The van der Waals surface area contributed by atoms with Crippen LogP contribution in [0.3, 0.4) is 0 Å². The summed E-state index contributed by atoms with van der Waals surface area (Å²) in [5.74, 6) is 0.0375. The van der Waals surface area contributed by atoms with Gasteiger partial charge in [0.1, 0.15) is 11.5 Å². The van der Waals surface area contributed by atoms with Crippen LogP contribution in [-0.2, 0) is 0 Å². The van der Waals surface area contributed by atoms with Crippen molar-refractivity contribution in [3.8, 4) is 0 Å². The van der Waals surface area contributed by atoms with Gasteiger partial charge in [-0.15, -0.1) is 0 Å². The van der Waals surface area contributed by atoms with Crippen LogP contribution in [-0.4, -0.2) is 49.0 Å². The summed E-state index contributed by atoms with van der Waals surface area (Å²) in [6.45, 7) is 5.21. The zero-order chi connectivity index (χ0) is 18.7. The van der Waals surface area contributed by atoms with Crippen molar-refractivity contribution in [3.63, 3.8) is 0 Å². The van der Waals surface area contributed by atoms with Gasteiger partial charge in [0.25, 0.3) is 11.6 Å². The molecule has 1 saturated heterocycles. The Bertz CT molecular complexity index is 831. The van der Waals surface area contributed by atoms with E-state index in [1.807, 2.05) is 17.9 Å². The summed E-state index contributed by atoms with van der Waals surface area (Å²) in [5, 5.41) is 14.3. The fourth-order valence-corrected chi connectivity index (χ4v) is 3.00. The van der Waals surface area contributed by atoms with Crippen molar-refractivity contribution >= 4 is 23.1 Å². The molecular formula is C18H22N5O3+. The highest BCUT2D eigenvalue weighted by Gasteiger charge is 2.25. The third kappa shape index (κ3) is 3.80. The van der Waals surface area contributed by atoms with E-state index in [0.29, 0.717) is 11.5 Å². The monoisotopic (exact) mass is 356 g/mol. The van der Waals surface area contributed by atoms with Gasteiger partial charge in [-0.3, -0.25) is 14.9 Å². The molecule has 0 unspecified atom stereocenters. The fourth-order valence-electron chi connectivity index (χ4n) is 3.00. The molecule has 1 aromatic heterocycles. The van der Waals surface area contributed by atoms with E-state index in [1.54, 1.807) is 24.4 Å². The Balaban J connectivity index is 1.85. The number of nitro benzene ring substituents is 1. The van der Waals surface area contributed by atoms with E-state index in [1.165, 1.54) is 11.0 Å². The molecule has 1 aliphatic heterocycles. The summed E-state index contributed by atoms with van der Waals surface area (Å²) in [7, 11) is 2.11. The van der Waals surface area contributed by atoms with Gasteiger partial charge in [-0.05, 0) is 30.7 Å². The molecule has 26 heavy (non-hydrogen) atoms. The van der Waals surface area contributed by atoms with Crippen LogP contribution in [0.4, 0.5) is 17.2 Å². The molecule has 0 saturated carbocycles. The normalized spacial score (nSPS) is 14.9. The molecule has 0 bridgehead atoms. The number of nitrogens with zero attached hydrogens (tertiary/aromatic N) is 3. The number of anilines is 2. The highest BCUT2D eigenvalue weighted by molar-refractivity contribution is 6.05. The number of aryl methyl sites for hydroxylation is 1. The second kappa shape index (κ2) is 7.49. The summed E-state index contributed by atoms with van der Waals surface area (Å²) in [6, 6.07) is 8.25. The quantitative estimate of drug-likeness (QED) is 0.627. The molecule has 3 rings (SSSR count). The maximum absolute atomic E-state index is 12.5. The van der Waals surface area contributed by atoms with Crippen LogP contribution < -0.4 is 15.1 Å². The van der Waals surface area contributed by atoms with Crippen LogP contribution in [0.25, 0.3) is 0 Å². The number of hydrogen-bond acceptors (Lipinski definition) is 5. The minimum absolute atomic E-state index is 0.0463. The third-order valence-corrected chi connectivity index (χ3v) is 4.63. The van der Waals surface area contributed by atoms with Gasteiger partial charge in [0.15, 0.2) is 0 Å². The van der Waals surface area contributed by atoms with Gasteiger partial charge in [0.05, 0.1) is 38.2 Å². The van der Waals surface area contributed by atoms with E-state index < -0.39 is 10.8 Å². The first-order chi connectivity index (χ1) is 12.5. The number of piperazine rings is 1. The van der Waals surface area contributed by atoms with E-state index in [0.717, 1.165) is 31.7 Å². The molecule has 0 atom stereocenters. The second-order valence-corrected chi connectivity index (χ2v) is 6.53. The zero-order valence-corrected chi connectivity index (χ0v) is 14.9. The van der Waals surface area contributed by atoms with Gasteiger partial charge in [0.2, 0.25) is 0 Å². The molecule has 2 aromatic rings. The average molecular weight is 356 g/mol. The largest absolute Gasteiger partial charge is 0.355 e. The molecule has 1 fully saturated rings. The molecule has 1 amide bonds. The lowest BCUT2D eigenvalue weighted by atomic mass is 10.1. The van der Waals surface area contributed by atoms with Crippen molar-refractivity contribution in [3.05, 3.63) is 57.8 Å². The summed E-state index contributed by atoms with van der Waals surface area (Å²) < 4.78 is 0. The summed E-state index contributed by atoms with van der Waals surface area (Å²) in [4.78, 5) is 31.1. The van der Waals surface area contributed by atoms with Crippen LogP contribution in [0.15, 0.2) is 36.5 Å². The number of rotatable bonds is 4. The van der Waals surface area contributed by atoms with Gasteiger partial charge in [0, 0.05) is 17.8 Å². The number of amides is 1. The minimum Gasteiger partial charge on any atom is -0.355 e. The molecule has 0 spiro atoms. The van der Waals surface area contributed by atoms with Crippen LogP contribution in [0, 0.1) is 17.0 Å². The average Bonchev–Trinajstić information content (AvgIpc) is 2.63. The van der Waals surface area contributed by atoms with E-state index in [2.05, 4.69) is 17.3 Å². The molecule has 136 valence electrons. The van der Waals surface area contributed by atoms with E-state index in [4.69, 9.17) is 0 Å². The Morgan fingerprint density at radius 3 is 2.69 bits per heavy atom. The van der Waals surface area contributed by atoms with Gasteiger partial charge < -0.3 is 15.1 Å². The van der Waals surface area contributed by atoms with Crippen molar-refractivity contribution in [2.45, 2.75) is 6.92 Å². The number of aromatic nitrogens is 1. The Morgan fingerprint density at radius 2 is 2.04 bits per heavy atom. The lowest BCUT2D eigenvalue weighted by Gasteiger charge is -2.31. The Labute approximate surface area is 151 Å². The molecule has 2 heterocycles. The van der Waals surface area contributed by atoms with Crippen LogP contribution >= 0.6 is 0 Å². The first-order valence-electron chi connectivity index (χ1n) is 8.53. The number of nitrogens with one attached hydrogen (secondary N) is 2. The molecule has 0 radical (unpaired) electrons. The molecule has 1 aliphatic rings. The van der Waals surface area contributed by atoms with Gasteiger partial charge >= 0.3 is 0 Å². The number of benzene rings is 1. The first kappa shape index (κ1) is 17.8. The van der Waals surface area contributed by atoms with Crippen LogP contribution in [0.5, 0.6) is 0 Å². The Hall–Kier alpha value is -3.00. The standard InChI is InChI=1S/C18H21N5O3/c1-13-4-3-7-19-17(13)20-18(24)14-5-6-15(16(12-14)23(25)26)22-10-8-21(2)9-11-22/h3-7,12H,8-11H2,1-2H3,(H,19,20,24)/p+1. The lowest BCUT2D eigenvalue weighted by Crippen LogP contribution is -3.12. The maximum Gasteiger partial charge on any atom is 0.293 e. The minimum atomic E-state index is -0.427.